The van der Waals surface area contributed by atoms with Crippen molar-refractivity contribution in [1.29, 1.82) is 0 Å². The standard InChI is InChI=1S/C47H28N2OS/c1-3-14-29(15-4-1)38-28-39(49-46(48-38)30-16-5-2-6-17-30)33-20-13-25-41-43(33)44-42(51-41)27-26-37-45(44)50-40-24-12-11-23-36(40)47(37)34-21-9-7-18-31(34)32-19-8-10-22-35(32)47/h1-28H. The van der Waals surface area contributed by atoms with Crippen molar-refractivity contribution in [1.82, 2.24) is 9.97 Å². The molecular formula is C47H28N2OS. The number of para-hydroxylation sites is 1. The third kappa shape index (κ3) is 3.99. The van der Waals surface area contributed by atoms with Gasteiger partial charge in [-0.15, -0.1) is 11.3 Å². The summed E-state index contributed by atoms with van der Waals surface area (Å²) in [6.07, 6.45) is 0. The molecule has 4 heteroatoms. The Morgan fingerprint density at radius 1 is 0.431 bits per heavy atom. The minimum atomic E-state index is -0.523. The van der Waals surface area contributed by atoms with Crippen LogP contribution in [0.1, 0.15) is 22.3 Å². The molecule has 9 aromatic rings. The van der Waals surface area contributed by atoms with Crippen molar-refractivity contribution in [3.63, 3.8) is 0 Å². The predicted molar refractivity (Wildman–Crippen MR) is 209 cm³/mol. The van der Waals surface area contributed by atoms with Crippen molar-refractivity contribution >= 4 is 31.5 Å². The van der Waals surface area contributed by atoms with Crippen molar-refractivity contribution < 1.29 is 4.74 Å². The van der Waals surface area contributed by atoms with Gasteiger partial charge in [0.2, 0.25) is 0 Å². The molecule has 238 valence electrons. The molecule has 0 saturated carbocycles. The average molecular weight is 669 g/mol. The zero-order valence-electron chi connectivity index (χ0n) is 27.4. The number of thiophene rings is 1. The van der Waals surface area contributed by atoms with E-state index in [1.165, 1.54) is 42.8 Å². The molecule has 2 aliphatic rings. The van der Waals surface area contributed by atoms with Crippen LogP contribution in [-0.2, 0) is 5.41 Å². The quantitative estimate of drug-likeness (QED) is 0.188. The van der Waals surface area contributed by atoms with E-state index in [-0.39, 0.29) is 0 Å². The highest BCUT2D eigenvalue weighted by atomic mass is 32.1. The lowest BCUT2D eigenvalue weighted by Crippen LogP contribution is -2.32. The van der Waals surface area contributed by atoms with Gasteiger partial charge >= 0.3 is 0 Å². The minimum absolute atomic E-state index is 0.523. The Hall–Kier alpha value is -6.36. The molecule has 0 saturated heterocycles. The van der Waals surface area contributed by atoms with Crippen LogP contribution in [0.25, 0.3) is 65.2 Å². The van der Waals surface area contributed by atoms with Crippen LogP contribution in [0.2, 0.25) is 0 Å². The number of nitrogens with zero attached hydrogens (tertiary/aromatic N) is 2. The fourth-order valence-electron chi connectivity index (χ4n) is 8.49. The predicted octanol–water partition coefficient (Wildman–Crippen LogP) is 12.3. The van der Waals surface area contributed by atoms with E-state index in [2.05, 4.69) is 146 Å². The van der Waals surface area contributed by atoms with E-state index < -0.39 is 5.41 Å². The van der Waals surface area contributed by atoms with Gasteiger partial charge in [-0.3, -0.25) is 0 Å². The molecule has 3 heterocycles. The van der Waals surface area contributed by atoms with Crippen molar-refractivity contribution in [2.45, 2.75) is 5.41 Å². The van der Waals surface area contributed by atoms with Crippen LogP contribution < -0.4 is 4.74 Å². The molecule has 0 unspecified atom stereocenters. The van der Waals surface area contributed by atoms with Crippen molar-refractivity contribution in [2.75, 3.05) is 0 Å². The number of ether oxygens (including phenoxy) is 1. The fourth-order valence-corrected chi connectivity index (χ4v) is 9.62. The molecule has 0 fully saturated rings. The Morgan fingerprint density at radius 3 is 1.76 bits per heavy atom. The Kier molecular flexibility index (Phi) is 6.04. The molecule has 0 radical (unpaired) electrons. The van der Waals surface area contributed by atoms with Gasteiger partial charge in [-0.1, -0.05) is 146 Å². The van der Waals surface area contributed by atoms with Gasteiger partial charge in [-0.05, 0) is 46.5 Å². The number of rotatable bonds is 3. The smallest absolute Gasteiger partial charge is 0.160 e. The van der Waals surface area contributed by atoms with E-state index in [1.807, 2.05) is 24.3 Å². The first kappa shape index (κ1) is 28.5. The van der Waals surface area contributed by atoms with E-state index in [9.17, 15) is 0 Å². The van der Waals surface area contributed by atoms with Crippen LogP contribution >= 0.6 is 11.3 Å². The third-order valence-electron chi connectivity index (χ3n) is 10.6. The Bertz CT molecular complexity index is 2740. The first-order valence-electron chi connectivity index (χ1n) is 17.2. The third-order valence-corrected chi connectivity index (χ3v) is 11.7. The molecule has 11 rings (SSSR count). The molecule has 7 aromatic carbocycles. The maximum absolute atomic E-state index is 7.12. The van der Waals surface area contributed by atoms with Crippen LogP contribution in [0, 0.1) is 0 Å². The summed E-state index contributed by atoms with van der Waals surface area (Å²) in [7, 11) is 0. The minimum Gasteiger partial charge on any atom is -0.456 e. The second-order valence-corrected chi connectivity index (χ2v) is 14.3. The molecule has 2 aromatic heterocycles. The lowest BCUT2D eigenvalue weighted by Gasteiger charge is -2.39. The van der Waals surface area contributed by atoms with Gasteiger partial charge in [0.1, 0.15) is 11.5 Å². The molecule has 1 aliphatic heterocycles. The molecule has 1 aliphatic carbocycles. The molecule has 0 bridgehead atoms. The maximum Gasteiger partial charge on any atom is 0.160 e. The van der Waals surface area contributed by atoms with Gasteiger partial charge in [0.05, 0.1) is 16.8 Å². The van der Waals surface area contributed by atoms with Crippen LogP contribution in [0.3, 0.4) is 0 Å². The number of benzene rings is 7. The summed E-state index contributed by atoms with van der Waals surface area (Å²) in [4.78, 5) is 10.3. The first-order valence-corrected chi connectivity index (χ1v) is 18.1. The highest BCUT2D eigenvalue weighted by Crippen LogP contribution is 2.63. The molecule has 0 N–H and O–H groups in total. The Morgan fingerprint density at radius 2 is 1.02 bits per heavy atom. The van der Waals surface area contributed by atoms with Gasteiger partial charge in [0.15, 0.2) is 5.82 Å². The number of fused-ring (bicyclic) bond motifs is 13. The number of hydrogen-bond donors (Lipinski definition) is 0. The average Bonchev–Trinajstić information content (AvgIpc) is 3.73. The van der Waals surface area contributed by atoms with Crippen molar-refractivity contribution in [3.8, 4) is 56.5 Å². The Balaban J connectivity index is 1.24. The first-order chi connectivity index (χ1) is 25.3. The zero-order valence-corrected chi connectivity index (χ0v) is 28.2. The normalized spacial score (nSPS) is 13.4. The van der Waals surface area contributed by atoms with Gasteiger partial charge < -0.3 is 4.74 Å². The molecular weight excluding hydrogens is 641 g/mol. The van der Waals surface area contributed by atoms with E-state index in [4.69, 9.17) is 14.7 Å². The summed E-state index contributed by atoms with van der Waals surface area (Å²) in [5, 5.41) is 2.28. The summed E-state index contributed by atoms with van der Waals surface area (Å²) < 4.78 is 9.51. The van der Waals surface area contributed by atoms with Gasteiger partial charge in [0, 0.05) is 48.0 Å². The lowest BCUT2D eigenvalue weighted by atomic mass is 9.66. The fraction of sp³-hybridized carbons (Fsp3) is 0.0213. The largest absolute Gasteiger partial charge is 0.456 e. The summed E-state index contributed by atoms with van der Waals surface area (Å²) >= 11 is 1.80. The molecule has 0 amide bonds. The second kappa shape index (κ2) is 10.8. The maximum atomic E-state index is 7.12. The van der Waals surface area contributed by atoms with Crippen LogP contribution in [-0.4, -0.2) is 9.97 Å². The Labute approximate surface area is 299 Å². The second-order valence-electron chi connectivity index (χ2n) is 13.2. The summed E-state index contributed by atoms with van der Waals surface area (Å²) in [6, 6.07) is 60.3. The monoisotopic (exact) mass is 668 g/mol. The van der Waals surface area contributed by atoms with Crippen molar-refractivity contribution in [3.05, 3.63) is 192 Å². The topological polar surface area (TPSA) is 35.0 Å². The summed E-state index contributed by atoms with van der Waals surface area (Å²) in [5.41, 5.74) is 11.8. The SMILES string of the molecule is c1ccc(-c2cc(-c3cccc4sc5ccc6c(c5c34)Oc3ccccc3C63c4ccccc4-c4ccccc43)nc(-c3ccccc3)n2)cc1. The highest BCUT2D eigenvalue weighted by Gasteiger charge is 2.51. The summed E-state index contributed by atoms with van der Waals surface area (Å²) in [5.74, 6) is 2.51. The molecule has 1 spiro atoms. The van der Waals surface area contributed by atoms with E-state index in [0.717, 1.165) is 50.3 Å². The molecule has 51 heavy (non-hydrogen) atoms. The summed E-state index contributed by atoms with van der Waals surface area (Å²) in [6.45, 7) is 0. The number of aromatic nitrogens is 2. The van der Waals surface area contributed by atoms with E-state index in [1.54, 1.807) is 11.3 Å². The van der Waals surface area contributed by atoms with Crippen LogP contribution in [0.4, 0.5) is 0 Å². The van der Waals surface area contributed by atoms with Crippen LogP contribution in [0.5, 0.6) is 11.5 Å². The van der Waals surface area contributed by atoms with Crippen LogP contribution in [0.15, 0.2) is 170 Å². The van der Waals surface area contributed by atoms with Gasteiger partial charge in [-0.25, -0.2) is 9.97 Å². The van der Waals surface area contributed by atoms with Gasteiger partial charge in [-0.2, -0.15) is 0 Å². The number of hydrogen-bond acceptors (Lipinski definition) is 4. The molecule has 3 nitrogen and oxygen atoms in total. The van der Waals surface area contributed by atoms with E-state index in [0.29, 0.717) is 5.82 Å². The van der Waals surface area contributed by atoms with Gasteiger partial charge in [0.25, 0.3) is 0 Å². The molecule has 0 atom stereocenters. The van der Waals surface area contributed by atoms with Crippen molar-refractivity contribution in [2.24, 2.45) is 0 Å². The lowest BCUT2D eigenvalue weighted by molar-refractivity contribution is 0.442. The van der Waals surface area contributed by atoms with E-state index >= 15 is 0 Å². The highest BCUT2D eigenvalue weighted by molar-refractivity contribution is 7.26. The zero-order chi connectivity index (χ0) is 33.5.